The van der Waals surface area contributed by atoms with E-state index in [2.05, 4.69) is 10.0 Å². The summed E-state index contributed by atoms with van der Waals surface area (Å²) < 4.78 is 39.3. The molecule has 7 nitrogen and oxygen atoms in total. The number of benzene rings is 1. The number of esters is 1. The summed E-state index contributed by atoms with van der Waals surface area (Å²) in [5.74, 6) is 0.401. The van der Waals surface area contributed by atoms with Crippen molar-refractivity contribution in [2.75, 3.05) is 13.2 Å². The van der Waals surface area contributed by atoms with Gasteiger partial charge in [0.25, 0.3) is 10.0 Å². The van der Waals surface area contributed by atoms with Gasteiger partial charge in [-0.1, -0.05) is 0 Å². The molecule has 10 heteroatoms. The van der Waals surface area contributed by atoms with E-state index < -0.39 is 10.0 Å². The predicted octanol–water partition coefficient (Wildman–Crippen LogP) is 2.85. The summed E-state index contributed by atoms with van der Waals surface area (Å²) in [6, 6.07) is 0. The molecule has 1 heterocycles. The molecule has 1 aromatic rings. The molecule has 2 N–H and O–H groups in total. The van der Waals surface area contributed by atoms with Crippen molar-refractivity contribution < 1.29 is 22.7 Å². The second kappa shape index (κ2) is 9.49. The fourth-order valence-electron chi connectivity index (χ4n) is 3.37. The molecule has 1 aliphatic rings. The average molecular weight is 465 g/mol. The number of rotatable bonds is 6. The zero-order chi connectivity index (χ0) is 21.3. The zero-order valence-electron chi connectivity index (χ0n) is 17.6. The molecule has 0 spiro atoms. The van der Waals surface area contributed by atoms with Crippen molar-refractivity contribution in [3.63, 3.8) is 0 Å². The van der Waals surface area contributed by atoms with Gasteiger partial charge in [-0.3, -0.25) is 9.52 Å². The number of thiocarbonyl (C=S) groups is 1. The van der Waals surface area contributed by atoms with Crippen molar-refractivity contribution in [2.45, 2.75) is 64.9 Å². The Balaban J connectivity index is 0.00000420. The number of fused-ring (bicyclic) bond motifs is 1. The van der Waals surface area contributed by atoms with Crippen molar-refractivity contribution in [1.82, 2.24) is 10.0 Å². The Labute approximate surface area is 184 Å². The van der Waals surface area contributed by atoms with E-state index >= 15 is 0 Å². The van der Waals surface area contributed by atoms with Crippen LogP contribution < -0.4 is 14.8 Å². The van der Waals surface area contributed by atoms with Gasteiger partial charge in [-0.05, 0) is 70.5 Å². The quantitative estimate of drug-likeness (QED) is 0.493. The van der Waals surface area contributed by atoms with Gasteiger partial charge in [-0.15, -0.1) is 12.4 Å². The normalized spacial score (nSPS) is 14.3. The number of halogens is 1. The Bertz CT molecular complexity index is 914. The first-order valence-corrected chi connectivity index (χ1v) is 11.1. The Morgan fingerprint density at radius 1 is 1.21 bits per heavy atom. The number of sulfonamides is 1. The highest BCUT2D eigenvalue weighted by atomic mass is 35.5. The summed E-state index contributed by atoms with van der Waals surface area (Å²) in [5, 5.41) is 2.67. The fourth-order valence-corrected chi connectivity index (χ4v) is 5.30. The molecule has 0 aromatic heterocycles. The lowest BCUT2D eigenvalue weighted by Gasteiger charge is -2.19. The van der Waals surface area contributed by atoms with Crippen LogP contribution in [-0.2, 0) is 26.0 Å². The molecule has 0 unspecified atom stereocenters. The van der Waals surface area contributed by atoms with E-state index in [1.165, 1.54) is 0 Å². The van der Waals surface area contributed by atoms with Crippen LogP contribution in [0.4, 0.5) is 0 Å². The lowest BCUT2D eigenvalue weighted by atomic mass is 9.94. The summed E-state index contributed by atoms with van der Waals surface area (Å²) in [6.07, 6.45) is 0.734. The van der Waals surface area contributed by atoms with Crippen LogP contribution in [0.1, 0.15) is 49.4 Å². The molecule has 164 valence electrons. The molecular weight excluding hydrogens is 436 g/mol. The molecular formula is C19H29ClN2O5S2. The molecule has 0 radical (unpaired) electrons. The molecule has 0 bridgehead atoms. The molecule has 2 rings (SSSR count). The molecule has 0 amide bonds. The number of hydrogen-bond donors (Lipinski definition) is 2. The van der Waals surface area contributed by atoms with Gasteiger partial charge in [0.1, 0.15) is 11.4 Å². The fraction of sp³-hybridized carbons (Fsp3) is 0.579. The van der Waals surface area contributed by atoms with Crippen molar-refractivity contribution in [3.8, 4) is 5.75 Å². The van der Waals surface area contributed by atoms with Gasteiger partial charge in [0, 0.05) is 18.5 Å². The highest BCUT2D eigenvalue weighted by Gasteiger charge is 2.36. The first-order chi connectivity index (χ1) is 12.9. The van der Waals surface area contributed by atoms with Crippen LogP contribution in [0.2, 0.25) is 0 Å². The monoisotopic (exact) mass is 464 g/mol. The molecule has 1 aliphatic heterocycles. The van der Waals surface area contributed by atoms with E-state index in [1.54, 1.807) is 20.8 Å². The highest BCUT2D eigenvalue weighted by Crippen LogP contribution is 2.43. The molecule has 0 saturated carbocycles. The van der Waals surface area contributed by atoms with Crippen LogP contribution in [0.25, 0.3) is 0 Å². The minimum absolute atomic E-state index is 0. The van der Waals surface area contributed by atoms with Crippen LogP contribution in [0.3, 0.4) is 0 Å². The Kier molecular flexibility index (Phi) is 8.33. The third kappa shape index (κ3) is 5.73. The number of hydrogen-bond acceptors (Lipinski definition) is 6. The van der Waals surface area contributed by atoms with E-state index in [4.69, 9.17) is 21.7 Å². The Morgan fingerprint density at radius 2 is 1.83 bits per heavy atom. The first-order valence-electron chi connectivity index (χ1n) is 9.17. The van der Waals surface area contributed by atoms with E-state index in [1.807, 2.05) is 20.8 Å². The van der Waals surface area contributed by atoms with E-state index in [0.29, 0.717) is 24.2 Å². The zero-order valence-corrected chi connectivity index (χ0v) is 20.0. The maximum atomic E-state index is 13.0. The topological polar surface area (TPSA) is 93.7 Å². The summed E-state index contributed by atoms with van der Waals surface area (Å²) in [7, 11) is -3.89. The van der Waals surface area contributed by atoms with Gasteiger partial charge in [0.05, 0.1) is 17.9 Å². The van der Waals surface area contributed by atoms with E-state index in [0.717, 1.165) is 16.9 Å². The van der Waals surface area contributed by atoms with Crippen LogP contribution in [-0.4, -0.2) is 38.3 Å². The Hall–Kier alpha value is -1.58. The van der Waals surface area contributed by atoms with Crippen molar-refractivity contribution in [1.29, 1.82) is 0 Å². The van der Waals surface area contributed by atoms with Crippen LogP contribution in [0.5, 0.6) is 5.75 Å². The molecule has 0 aliphatic carbocycles. The summed E-state index contributed by atoms with van der Waals surface area (Å²) in [5.41, 5.74) is 2.66. The number of nitrogens with one attached hydrogen (secondary N) is 2. The summed E-state index contributed by atoms with van der Waals surface area (Å²) in [6.45, 7) is 11.6. The third-order valence-corrected chi connectivity index (χ3v) is 6.71. The van der Waals surface area contributed by atoms with Gasteiger partial charge in [0.15, 0.2) is 5.11 Å². The second-order valence-electron chi connectivity index (χ2n) is 7.47. The van der Waals surface area contributed by atoms with Gasteiger partial charge in [-0.25, -0.2) is 8.42 Å². The van der Waals surface area contributed by atoms with Gasteiger partial charge in [0.2, 0.25) is 0 Å². The van der Waals surface area contributed by atoms with Crippen molar-refractivity contribution in [2.24, 2.45) is 0 Å². The standard InChI is InChI=1S/C19H28N2O5S2.ClH/c1-7-25-15(22)8-9-20-18(27)21-28(23,24)17-12(3)11(2)16-14(13(17)4)10-19(5,6)26-16;/h7-10H2,1-6H3,(H2,20,21,27);1H. The lowest BCUT2D eigenvalue weighted by molar-refractivity contribution is -0.142. The van der Waals surface area contributed by atoms with Crippen LogP contribution in [0.15, 0.2) is 4.90 Å². The second-order valence-corrected chi connectivity index (χ2v) is 9.49. The predicted molar refractivity (Wildman–Crippen MR) is 118 cm³/mol. The minimum atomic E-state index is -3.89. The molecule has 0 saturated heterocycles. The van der Waals surface area contributed by atoms with Crippen LogP contribution in [0, 0.1) is 20.8 Å². The van der Waals surface area contributed by atoms with E-state index in [-0.39, 0.29) is 47.0 Å². The number of ether oxygens (including phenoxy) is 2. The first kappa shape index (κ1) is 25.5. The van der Waals surface area contributed by atoms with E-state index in [9.17, 15) is 13.2 Å². The van der Waals surface area contributed by atoms with Gasteiger partial charge in [-0.2, -0.15) is 0 Å². The average Bonchev–Trinajstić information content (AvgIpc) is 2.88. The number of carbonyl (C=O) groups excluding carboxylic acids is 1. The molecule has 29 heavy (non-hydrogen) atoms. The summed E-state index contributed by atoms with van der Waals surface area (Å²) in [4.78, 5) is 11.6. The number of carbonyl (C=O) groups is 1. The Morgan fingerprint density at radius 3 is 2.41 bits per heavy atom. The smallest absolute Gasteiger partial charge is 0.307 e. The third-order valence-electron chi connectivity index (χ3n) is 4.71. The highest BCUT2D eigenvalue weighted by molar-refractivity contribution is 7.92. The maximum Gasteiger partial charge on any atom is 0.307 e. The maximum absolute atomic E-state index is 13.0. The van der Waals surface area contributed by atoms with Crippen LogP contribution >= 0.6 is 24.6 Å². The van der Waals surface area contributed by atoms with Gasteiger partial charge >= 0.3 is 5.97 Å². The molecule has 0 atom stereocenters. The van der Waals surface area contributed by atoms with Gasteiger partial charge < -0.3 is 14.8 Å². The minimum Gasteiger partial charge on any atom is -0.487 e. The van der Waals surface area contributed by atoms with Crippen molar-refractivity contribution in [3.05, 3.63) is 22.3 Å². The van der Waals surface area contributed by atoms with Crippen molar-refractivity contribution >= 4 is 45.7 Å². The molecule has 1 aromatic carbocycles. The SMILES string of the molecule is CCOC(=O)CCNC(=S)NS(=O)(=O)c1c(C)c(C)c2c(c1C)CC(C)(C)O2.Cl. The largest absolute Gasteiger partial charge is 0.487 e. The summed E-state index contributed by atoms with van der Waals surface area (Å²) >= 11 is 5.10. The lowest BCUT2D eigenvalue weighted by Crippen LogP contribution is -2.40. The molecule has 0 fully saturated rings.